The number of rotatable bonds is 5. The Morgan fingerprint density at radius 2 is 2.22 bits per heavy atom. The van der Waals surface area contributed by atoms with Gasteiger partial charge in [-0.2, -0.15) is 0 Å². The molecule has 1 fully saturated rings. The van der Waals surface area contributed by atoms with Crippen LogP contribution in [0.25, 0.3) is 10.9 Å². The van der Waals surface area contributed by atoms with Gasteiger partial charge in [0.1, 0.15) is 5.82 Å². The Hall–Kier alpha value is -1.35. The van der Waals surface area contributed by atoms with Gasteiger partial charge in [-0.05, 0) is 43.9 Å². The summed E-state index contributed by atoms with van der Waals surface area (Å²) in [5.41, 5.74) is 1.98. The molecule has 96 valence electrons. The number of aryl methyl sites for hydroxylation is 2. The van der Waals surface area contributed by atoms with Crippen molar-refractivity contribution in [2.45, 2.75) is 31.7 Å². The van der Waals surface area contributed by atoms with E-state index in [9.17, 15) is 4.39 Å². The third kappa shape index (κ3) is 2.27. The quantitative estimate of drug-likeness (QED) is 0.802. The fraction of sp³-hybridized carbons (Fsp3) is 0.467. The number of halogens is 1. The minimum atomic E-state index is -0.127. The maximum Gasteiger partial charge on any atom is 0.147 e. The SMILES string of the molecule is Cn1cc(CCCNC2CC2)c2cccc(F)c21. The Morgan fingerprint density at radius 1 is 1.39 bits per heavy atom. The summed E-state index contributed by atoms with van der Waals surface area (Å²) >= 11 is 0. The number of para-hydroxylation sites is 1. The molecular weight excluding hydrogens is 227 g/mol. The molecule has 0 atom stereocenters. The third-order valence-corrected chi connectivity index (χ3v) is 3.67. The van der Waals surface area contributed by atoms with Crippen LogP contribution < -0.4 is 5.32 Å². The van der Waals surface area contributed by atoms with E-state index in [1.54, 1.807) is 6.07 Å². The first-order valence-corrected chi connectivity index (χ1v) is 6.71. The summed E-state index contributed by atoms with van der Waals surface area (Å²) in [6, 6.07) is 6.11. The lowest BCUT2D eigenvalue weighted by atomic mass is 10.1. The Bertz CT molecular complexity index is 555. The topological polar surface area (TPSA) is 17.0 Å². The Balaban J connectivity index is 1.72. The number of benzene rings is 1. The predicted octanol–water partition coefficient (Wildman–Crippen LogP) is 3.00. The van der Waals surface area contributed by atoms with Gasteiger partial charge in [0, 0.05) is 24.7 Å². The molecule has 0 bridgehead atoms. The van der Waals surface area contributed by atoms with Gasteiger partial charge in [-0.25, -0.2) is 4.39 Å². The van der Waals surface area contributed by atoms with Crippen LogP contribution in [0.1, 0.15) is 24.8 Å². The molecule has 18 heavy (non-hydrogen) atoms. The molecule has 0 amide bonds. The van der Waals surface area contributed by atoms with E-state index in [1.807, 2.05) is 17.7 Å². The number of hydrogen-bond acceptors (Lipinski definition) is 1. The van der Waals surface area contributed by atoms with Crippen LogP contribution in [0.3, 0.4) is 0 Å². The van der Waals surface area contributed by atoms with Crippen molar-refractivity contribution in [2.24, 2.45) is 7.05 Å². The molecule has 0 radical (unpaired) electrons. The highest BCUT2D eigenvalue weighted by atomic mass is 19.1. The Morgan fingerprint density at radius 3 is 3.00 bits per heavy atom. The van der Waals surface area contributed by atoms with Crippen molar-refractivity contribution < 1.29 is 4.39 Å². The van der Waals surface area contributed by atoms with Gasteiger partial charge < -0.3 is 9.88 Å². The number of hydrogen-bond donors (Lipinski definition) is 1. The van der Waals surface area contributed by atoms with E-state index in [-0.39, 0.29) is 5.82 Å². The van der Waals surface area contributed by atoms with Crippen molar-refractivity contribution in [3.05, 3.63) is 35.8 Å². The van der Waals surface area contributed by atoms with E-state index >= 15 is 0 Å². The second-order valence-electron chi connectivity index (χ2n) is 5.23. The van der Waals surface area contributed by atoms with Crippen molar-refractivity contribution >= 4 is 10.9 Å². The van der Waals surface area contributed by atoms with Gasteiger partial charge in [0.05, 0.1) is 5.52 Å². The van der Waals surface area contributed by atoms with E-state index in [0.29, 0.717) is 0 Å². The normalized spacial score (nSPS) is 15.4. The van der Waals surface area contributed by atoms with Crippen LogP contribution in [0.4, 0.5) is 4.39 Å². The Kier molecular flexibility index (Phi) is 3.08. The second kappa shape index (κ2) is 4.73. The summed E-state index contributed by atoms with van der Waals surface area (Å²) in [6.07, 6.45) is 6.86. The summed E-state index contributed by atoms with van der Waals surface area (Å²) in [5, 5.41) is 4.57. The molecule has 1 aliphatic carbocycles. The van der Waals surface area contributed by atoms with Gasteiger partial charge in [0.25, 0.3) is 0 Å². The zero-order chi connectivity index (χ0) is 12.5. The summed E-state index contributed by atoms with van der Waals surface area (Å²) in [5.74, 6) is -0.127. The highest BCUT2D eigenvalue weighted by Crippen LogP contribution is 2.24. The average molecular weight is 246 g/mol. The largest absolute Gasteiger partial charge is 0.348 e. The zero-order valence-electron chi connectivity index (χ0n) is 10.7. The third-order valence-electron chi connectivity index (χ3n) is 3.67. The summed E-state index contributed by atoms with van der Waals surface area (Å²) in [6.45, 7) is 1.07. The van der Waals surface area contributed by atoms with Gasteiger partial charge in [-0.15, -0.1) is 0 Å². The van der Waals surface area contributed by atoms with Crippen LogP contribution in [-0.2, 0) is 13.5 Å². The Labute approximate surface area is 107 Å². The first kappa shape index (κ1) is 11.7. The molecule has 1 saturated carbocycles. The van der Waals surface area contributed by atoms with Crippen molar-refractivity contribution in [1.82, 2.24) is 9.88 Å². The lowest BCUT2D eigenvalue weighted by Gasteiger charge is -2.02. The molecule has 2 nitrogen and oxygen atoms in total. The number of aromatic nitrogens is 1. The van der Waals surface area contributed by atoms with E-state index in [2.05, 4.69) is 11.5 Å². The first-order valence-electron chi connectivity index (χ1n) is 6.71. The maximum atomic E-state index is 13.7. The molecule has 1 aliphatic rings. The first-order chi connectivity index (χ1) is 8.75. The summed E-state index contributed by atoms with van der Waals surface area (Å²) in [7, 11) is 1.91. The monoisotopic (exact) mass is 246 g/mol. The van der Waals surface area contributed by atoms with E-state index in [0.717, 1.165) is 36.3 Å². The van der Waals surface area contributed by atoms with Crippen LogP contribution in [0.15, 0.2) is 24.4 Å². The van der Waals surface area contributed by atoms with Crippen LogP contribution in [0.2, 0.25) is 0 Å². The van der Waals surface area contributed by atoms with Crippen LogP contribution in [-0.4, -0.2) is 17.2 Å². The minimum Gasteiger partial charge on any atom is -0.348 e. The number of nitrogens with one attached hydrogen (secondary N) is 1. The van der Waals surface area contributed by atoms with Crippen molar-refractivity contribution in [2.75, 3.05) is 6.54 Å². The molecule has 0 saturated heterocycles. The van der Waals surface area contributed by atoms with Crippen LogP contribution in [0, 0.1) is 5.82 Å². The lowest BCUT2D eigenvalue weighted by Crippen LogP contribution is -2.17. The van der Waals surface area contributed by atoms with Crippen LogP contribution in [0.5, 0.6) is 0 Å². The minimum absolute atomic E-state index is 0.127. The van der Waals surface area contributed by atoms with E-state index < -0.39 is 0 Å². The molecule has 0 aliphatic heterocycles. The number of fused-ring (bicyclic) bond motifs is 1. The van der Waals surface area contributed by atoms with Gasteiger partial charge in [-0.1, -0.05) is 12.1 Å². The zero-order valence-corrected chi connectivity index (χ0v) is 10.7. The average Bonchev–Trinajstić information content (AvgIpc) is 3.11. The van der Waals surface area contributed by atoms with Gasteiger partial charge >= 0.3 is 0 Å². The second-order valence-corrected chi connectivity index (χ2v) is 5.23. The lowest BCUT2D eigenvalue weighted by molar-refractivity contribution is 0.632. The predicted molar refractivity (Wildman–Crippen MR) is 72.2 cm³/mol. The fourth-order valence-electron chi connectivity index (χ4n) is 2.57. The smallest absolute Gasteiger partial charge is 0.147 e. The highest BCUT2D eigenvalue weighted by molar-refractivity contribution is 5.84. The van der Waals surface area contributed by atoms with Gasteiger partial charge in [0.2, 0.25) is 0 Å². The molecule has 1 heterocycles. The van der Waals surface area contributed by atoms with Gasteiger partial charge in [0.15, 0.2) is 0 Å². The molecule has 1 N–H and O–H groups in total. The molecule has 1 aromatic carbocycles. The van der Waals surface area contributed by atoms with Gasteiger partial charge in [-0.3, -0.25) is 0 Å². The molecule has 3 heteroatoms. The highest BCUT2D eigenvalue weighted by Gasteiger charge is 2.19. The molecule has 0 spiro atoms. The summed E-state index contributed by atoms with van der Waals surface area (Å²) in [4.78, 5) is 0. The maximum absolute atomic E-state index is 13.7. The van der Waals surface area contributed by atoms with Crippen molar-refractivity contribution in [3.8, 4) is 0 Å². The van der Waals surface area contributed by atoms with Crippen LogP contribution >= 0.6 is 0 Å². The standard InChI is InChI=1S/C15H19FN2/c1-18-10-11(4-3-9-17-12-7-8-12)13-5-2-6-14(16)15(13)18/h2,5-6,10,12,17H,3-4,7-9H2,1H3. The summed E-state index contributed by atoms with van der Waals surface area (Å²) < 4.78 is 15.6. The van der Waals surface area contributed by atoms with Crippen molar-refractivity contribution in [3.63, 3.8) is 0 Å². The molecule has 2 aromatic rings. The van der Waals surface area contributed by atoms with Crippen molar-refractivity contribution in [1.29, 1.82) is 0 Å². The molecule has 3 rings (SSSR count). The van der Waals surface area contributed by atoms with E-state index in [1.165, 1.54) is 24.5 Å². The molecule has 1 aromatic heterocycles. The molecular formula is C15H19FN2. The number of nitrogens with zero attached hydrogens (tertiary/aromatic N) is 1. The van der Waals surface area contributed by atoms with E-state index in [4.69, 9.17) is 0 Å². The molecule has 0 unspecified atom stereocenters. The fourth-order valence-corrected chi connectivity index (χ4v) is 2.57.